The van der Waals surface area contributed by atoms with Crippen molar-refractivity contribution in [2.45, 2.75) is 64.5 Å². The Morgan fingerprint density at radius 3 is 2.81 bits per heavy atom. The minimum atomic E-state index is -0.544. The van der Waals surface area contributed by atoms with Crippen LogP contribution < -0.4 is 5.32 Å². The van der Waals surface area contributed by atoms with Gasteiger partial charge in [0.05, 0.1) is 18.8 Å². The molecule has 1 aromatic heterocycles. The number of likely N-dealkylation sites (N-methyl/N-ethyl adjacent to an activating group) is 1. The minimum absolute atomic E-state index is 0.146. The second-order valence-electron chi connectivity index (χ2n) is 5.78. The van der Waals surface area contributed by atoms with Crippen molar-refractivity contribution in [1.29, 1.82) is 0 Å². The van der Waals surface area contributed by atoms with Crippen molar-refractivity contribution in [2.75, 3.05) is 13.7 Å². The van der Waals surface area contributed by atoms with Crippen molar-refractivity contribution in [3.63, 3.8) is 0 Å². The highest BCUT2D eigenvalue weighted by atomic mass is 16.5. The van der Waals surface area contributed by atoms with E-state index in [9.17, 15) is 4.79 Å². The molecule has 1 aliphatic carbocycles. The van der Waals surface area contributed by atoms with Gasteiger partial charge in [0.15, 0.2) is 0 Å². The molecule has 0 aromatic carbocycles. The summed E-state index contributed by atoms with van der Waals surface area (Å²) in [4.78, 5) is 12.2. The number of carbonyl (C=O) groups is 1. The summed E-state index contributed by atoms with van der Waals surface area (Å²) in [6.45, 7) is 7.07. The molecule has 1 fully saturated rings. The van der Waals surface area contributed by atoms with Crippen LogP contribution in [0.4, 0.5) is 0 Å². The van der Waals surface area contributed by atoms with Crippen molar-refractivity contribution in [3.05, 3.63) is 17.5 Å². The number of nitrogens with one attached hydrogen (secondary N) is 1. The fourth-order valence-corrected chi connectivity index (χ4v) is 3.42. The molecular formula is C16H27N3O2. The van der Waals surface area contributed by atoms with Gasteiger partial charge in [0.1, 0.15) is 5.54 Å². The summed E-state index contributed by atoms with van der Waals surface area (Å²) in [5, 5.41) is 8.08. The molecule has 1 N–H and O–H groups in total. The largest absolute Gasteiger partial charge is 0.468 e. The van der Waals surface area contributed by atoms with E-state index in [1.165, 1.54) is 12.8 Å². The van der Waals surface area contributed by atoms with Crippen LogP contribution in [0.25, 0.3) is 0 Å². The van der Waals surface area contributed by atoms with Gasteiger partial charge in [-0.1, -0.05) is 20.8 Å². The number of ether oxygens (including phenoxy) is 1. The third-order valence-electron chi connectivity index (χ3n) is 4.51. The normalized spacial score (nSPS) is 25.2. The Morgan fingerprint density at radius 1 is 1.48 bits per heavy atom. The van der Waals surface area contributed by atoms with Crippen LogP contribution >= 0.6 is 0 Å². The molecule has 0 bridgehead atoms. The number of hydrogen-bond donors (Lipinski definition) is 1. The van der Waals surface area contributed by atoms with Crippen LogP contribution in [0.2, 0.25) is 0 Å². The van der Waals surface area contributed by atoms with Crippen LogP contribution in [-0.2, 0) is 22.4 Å². The monoisotopic (exact) mass is 293 g/mol. The van der Waals surface area contributed by atoms with Crippen LogP contribution in [0.15, 0.2) is 6.07 Å². The maximum atomic E-state index is 12.2. The highest BCUT2D eigenvalue weighted by Gasteiger charge is 2.46. The SMILES string of the molecule is CCNC1(C(=O)OC)CCC(n2nc(CC)cc2CC)C1. The van der Waals surface area contributed by atoms with Crippen LogP contribution in [0.1, 0.15) is 57.5 Å². The molecule has 2 rings (SSSR count). The summed E-state index contributed by atoms with van der Waals surface area (Å²) in [7, 11) is 1.47. The summed E-state index contributed by atoms with van der Waals surface area (Å²) in [5.41, 5.74) is 1.84. The topological polar surface area (TPSA) is 56.1 Å². The first kappa shape index (κ1) is 16.0. The second-order valence-corrected chi connectivity index (χ2v) is 5.78. The van der Waals surface area contributed by atoms with E-state index in [2.05, 4.69) is 29.9 Å². The molecule has 0 saturated heterocycles. The molecule has 0 spiro atoms. The van der Waals surface area contributed by atoms with Gasteiger partial charge in [-0.3, -0.25) is 9.48 Å². The van der Waals surface area contributed by atoms with Gasteiger partial charge in [0.2, 0.25) is 0 Å². The van der Waals surface area contributed by atoms with Gasteiger partial charge in [0.25, 0.3) is 0 Å². The van der Waals surface area contributed by atoms with Gasteiger partial charge in [-0.25, -0.2) is 0 Å². The van der Waals surface area contributed by atoms with Crippen LogP contribution in [0.5, 0.6) is 0 Å². The number of esters is 1. The zero-order valence-corrected chi connectivity index (χ0v) is 13.6. The van der Waals surface area contributed by atoms with Crippen molar-refractivity contribution >= 4 is 5.97 Å². The highest BCUT2D eigenvalue weighted by Crippen LogP contribution is 2.39. The summed E-state index contributed by atoms with van der Waals surface area (Å²) < 4.78 is 7.17. The van der Waals surface area contributed by atoms with E-state index in [1.807, 2.05) is 6.92 Å². The molecule has 0 radical (unpaired) electrons. The quantitative estimate of drug-likeness (QED) is 0.817. The lowest BCUT2D eigenvalue weighted by Gasteiger charge is -2.27. The van der Waals surface area contributed by atoms with Gasteiger partial charge in [0, 0.05) is 5.69 Å². The lowest BCUT2D eigenvalue weighted by molar-refractivity contribution is -0.148. The number of aromatic nitrogens is 2. The summed E-state index contributed by atoms with van der Waals surface area (Å²) in [6, 6.07) is 2.46. The number of hydrogen-bond acceptors (Lipinski definition) is 4. The second kappa shape index (κ2) is 6.60. The standard InChI is InChI=1S/C16H27N3O2/c1-5-12-10-13(6-2)19(18-12)14-8-9-16(11-14,17-7-3)15(20)21-4/h10,14,17H,5-9,11H2,1-4H3. The first-order valence-corrected chi connectivity index (χ1v) is 8.00. The summed E-state index contributed by atoms with van der Waals surface area (Å²) >= 11 is 0. The molecule has 1 aliphatic rings. The van der Waals surface area contributed by atoms with Gasteiger partial charge in [-0.05, 0) is 44.7 Å². The molecule has 0 amide bonds. The smallest absolute Gasteiger partial charge is 0.326 e. The number of methoxy groups -OCH3 is 1. The Bertz CT molecular complexity index is 498. The summed E-state index contributed by atoms with van der Waals surface area (Å²) in [5.74, 6) is -0.146. The van der Waals surface area contributed by atoms with E-state index in [-0.39, 0.29) is 12.0 Å². The minimum Gasteiger partial charge on any atom is -0.468 e. The Labute approximate surface area is 127 Å². The number of carbonyl (C=O) groups excluding carboxylic acids is 1. The molecule has 1 heterocycles. The Kier molecular flexibility index (Phi) is 5.04. The Morgan fingerprint density at radius 2 is 2.24 bits per heavy atom. The van der Waals surface area contributed by atoms with Gasteiger partial charge in [-0.2, -0.15) is 5.10 Å². The number of nitrogens with zero attached hydrogens (tertiary/aromatic N) is 2. The fraction of sp³-hybridized carbons (Fsp3) is 0.750. The lowest BCUT2D eigenvalue weighted by Crippen LogP contribution is -2.50. The highest BCUT2D eigenvalue weighted by molar-refractivity contribution is 5.81. The molecule has 1 aromatic rings. The predicted octanol–water partition coefficient (Wildman–Crippen LogP) is 2.25. The molecule has 118 valence electrons. The predicted molar refractivity (Wildman–Crippen MR) is 82.3 cm³/mol. The fourth-order valence-electron chi connectivity index (χ4n) is 3.42. The number of aryl methyl sites for hydroxylation is 2. The maximum Gasteiger partial charge on any atom is 0.326 e. The first-order valence-electron chi connectivity index (χ1n) is 8.00. The molecule has 5 nitrogen and oxygen atoms in total. The molecule has 21 heavy (non-hydrogen) atoms. The van der Waals surface area contributed by atoms with E-state index in [4.69, 9.17) is 9.84 Å². The lowest BCUT2D eigenvalue weighted by atomic mass is 9.97. The molecular weight excluding hydrogens is 266 g/mol. The van der Waals surface area contributed by atoms with E-state index in [0.717, 1.165) is 44.3 Å². The van der Waals surface area contributed by atoms with Crippen LogP contribution in [0, 0.1) is 0 Å². The van der Waals surface area contributed by atoms with Crippen molar-refractivity contribution < 1.29 is 9.53 Å². The Balaban J connectivity index is 2.24. The third kappa shape index (κ3) is 2.98. The van der Waals surface area contributed by atoms with Crippen molar-refractivity contribution in [1.82, 2.24) is 15.1 Å². The molecule has 2 atom stereocenters. The van der Waals surface area contributed by atoms with Gasteiger partial charge in [-0.15, -0.1) is 0 Å². The van der Waals surface area contributed by atoms with E-state index in [1.54, 1.807) is 0 Å². The van der Waals surface area contributed by atoms with E-state index in [0.29, 0.717) is 0 Å². The maximum absolute atomic E-state index is 12.2. The number of rotatable bonds is 6. The average Bonchev–Trinajstić information content (AvgIpc) is 3.11. The first-order chi connectivity index (χ1) is 10.1. The van der Waals surface area contributed by atoms with Gasteiger partial charge >= 0.3 is 5.97 Å². The third-order valence-corrected chi connectivity index (χ3v) is 4.51. The van der Waals surface area contributed by atoms with Crippen LogP contribution in [0.3, 0.4) is 0 Å². The van der Waals surface area contributed by atoms with Crippen LogP contribution in [-0.4, -0.2) is 34.9 Å². The average molecular weight is 293 g/mol. The molecule has 1 saturated carbocycles. The Hall–Kier alpha value is -1.36. The zero-order chi connectivity index (χ0) is 15.5. The van der Waals surface area contributed by atoms with E-state index < -0.39 is 5.54 Å². The van der Waals surface area contributed by atoms with Crippen molar-refractivity contribution in [3.8, 4) is 0 Å². The molecule has 5 heteroatoms. The van der Waals surface area contributed by atoms with Gasteiger partial charge < -0.3 is 10.1 Å². The van der Waals surface area contributed by atoms with Crippen molar-refractivity contribution in [2.24, 2.45) is 0 Å². The van der Waals surface area contributed by atoms with E-state index >= 15 is 0 Å². The molecule has 0 aliphatic heterocycles. The summed E-state index contributed by atoms with van der Waals surface area (Å²) in [6.07, 6.45) is 4.44. The zero-order valence-electron chi connectivity index (χ0n) is 13.6. The molecule has 2 unspecified atom stereocenters.